The van der Waals surface area contributed by atoms with Crippen LogP contribution in [0.1, 0.15) is 18.4 Å². The van der Waals surface area contributed by atoms with Crippen molar-refractivity contribution in [3.63, 3.8) is 0 Å². The van der Waals surface area contributed by atoms with Crippen LogP contribution in [0, 0.1) is 56.7 Å². The van der Waals surface area contributed by atoms with Crippen molar-refractivity contribution >= 4 is 11.8 Å². The van der Waals surface area contributed by atoms with Crippen molar-refractivity contribution < 1.29 is 14.6 Å². The predicted molar refractivity (Wildman–Crippen MR) is 102 cm³/mol. The lowest BCUT2D eigenvalue weighted by Crippen LogP contribution is -2.53. The average Bonchev–Trinajstić information content (AvgIpc) is 2.73. The number of rotatable bonds is 2. The van der Waals surface area contributed by atoms with Gasteiger partial charge in [0.25, 0.3) is 0 Å². The van der Waals surface area contributed by atoms with Crippen molar-refractivity contribution in [2.45, 2.75) is 12.8 Å². The zero-order valence-corrected chi connectivity index (χ0v) is 15.8. The van der Waals surface area contributed by atoms with Gasteiger partial charge >= 0.3 is 6.09 Å². The minimum absolute atomic E-state index is 0.0372. The van der Waals surface area contributed by atoms with E-state index >= 15 is 0 Å². The fraction of sp³-hybridized carbons (Fsp3) is 0.381. The topological polar surface area (TPSA) is 145 Å². The molecular weight excluding hydrogens is 370 g/mol. The number of nitriles is 3. The number of phenols is 1. The zero-order valence-electron chi connectivity index (χ0n) is 15.8. The van der Waals surface area contributed by atoms with Gasteiger partial charge in [-0.2, -0.15) is 15.8 Å². The maximum Gasteiger partial charge on any atom is 0.410 e. The third-order valence-corrected chi connectivity index (χ3v) is 5.55. The monoisotopic (exact) mass is 389 g/mol. The number of phenolic OH excluding ortho intramolecular Hbond substituents is 1. The summed E-state index contributed by atoms with van der Waals surface area (Å²) in [6.07, 6.45) is 1.19. The van der Waals surface area contributed by atoms with E-state index in [1.54, 1.807) is 25.1 Å². The van der Waals surface area contributed by atoms with Gasteiger partial charge in [-0.3, -0.25) is 0 Å². The summed E-state index contributed by atoms with van der Waals surface area (Å²) >= 11 is 0. The normalized spacial score (nSPS) is 24.9. The third-order valence-electron chi connectivity index (χ3n) is 5.55. The molecule has 1 aliphatic heterocycles. The second-order valence-corrected chi connectivity index (χ2v) is 6.99. The summed E-state index contributed by atoms with van der Waals surface area (Å²) in [4.78, 5) is 13.7. The quantitative estimate of drug-likeness (QED) is 0.744. The Bertz CT molecular complexity index is 996. The van der Waals surface area contributed by atoms with Crippen LogP contribution in [0.5, 0.6) is 5.75 Å². The lowest BCUT2D eigenvalue weighted by Gasteiger charge is -2.47. The molecule has 2 N–H and O–H groups in total. The molecule has 1 aromatic carbocycles. The highest BCUT2D eigenvalue weighted by Crippen LogP contribution is 2.53. The van der Waals surface area contributed by atoms with Gasteiger partial charge in [-0.15, -0.1) is 0 Å². The predicted octanol–water partition coefficient (Wildman–Crippen LogP) is 2.70. The SMILES string of the molecule is CCOC(=O)N1CC=C2C(C#N)C(=N)C(C#N)(C#N)[C@H](c3cccc(O)c3)[C@@H]2C1. The summed E-state index contributed by atoms with van der Waals surface area (Å²) < 4.78 is 5.08. The highest BCUT2D eigenvalue weighted by atomic mass is 16.6. The Hall–Kier alpha value is -3.83. The van der Waals surface area contributed by atoms with E-state index in [-0.39, 0.29) is 31.2 Å². The Balaban J connectivity index is 2.20. The minimum atomic E-state index is -1.89. The third kappa shape index (κ3) is 3.07. The van der Waals surface area contributed by atoms with Crippen molar-refractivity contribution in [2.24, 2.45) is 17.3 Å². The smallest absolute Gasteiger partial charge is 0.410 e. The first kappa shape index (κ1) is 19.9. The van der Waals surface area contributed by atoms with Crippen molar-refractivity contribution in [3.8, 4) is 24.0 Å². The van der Waals surface area contributed by atoms with Crippen LogP contribution >= 0.6 is 0 Å². The number of nitrogens with zero attached hydrogens (tertiary/aromatic N) is 4. The number of hydrogen-bond acceptors (Lipinski definition) is 7. The van der Waals surface area contributed by atoms with E-state index in [1.807, 2.05) is 18.2 Å². The number of hydrogen-bond donors (Lipinski definition) is 2. The number of ether oxygens (including phenoxy) is 1. The van der Waals surface area contributed by atoms with Gasteiger partial charge in [0.15, 0.2) is 5.41 Å². The second-order valence-electron chi connectivity index (χ2n) is 6.99. The van der Waals surface area contributed by atoms with Gasteiger partial charge < -0.3 is 20.2 Å². The second kappa shape index (κ2) is 7.66. The number of carbonyl (C=O) groups excluding carboxylic acids is 1. The van der Waals surface area contributed by atoms with Crippen LogP contribution < -0.4 is 0 Å². The molecule has 0 aromatic heterocycles. The van der Waals surface area contributed by atoms with Crippen molar-refractivity contribution in [3.05, 3.63) is 41.5 Å². The molecule has 146 valence electrons. The molecule has 29 heavy (non-hydrogen) atoms. The molecule has 8 heteroatoms. The molecular formula is C21H19N5O3. The first-order chi connectivity index (χ1) is 13.9. The number of amides is 1. The van der Waals surface area contributed by atoms with Crippen LogP contribution in [0.3, 0.4) is 0 Å². The number of nitrogens with one attached hydrogen (secondary N) is 1. The largest absolute Gasteiger partial charge is 0.508 e. The van der Waals surface area contributed by atoms with Gasteiger partial charge in [0.2, 0.25) is 0 Å². The molecule has 0 saturated heterocycles. The molecule has 2 aliphatic rings. The lowest BCUT2D eigenvalue weighted by molar-refractivity contribution is 0.0992. The number of fused-ring (bicyclic) bond motifs is 1. The van der Waals surface area contributed by atoms with Crippen LogP contribution in [0.15, 0.2) is 35.9 Å². The van der Waals surface area contributed by atoms with Gasteiger partial charge in [-0.1, -0.05) is 18.2 Å². The van der Waals surface area contributed by atoms with Crippen molar-refractivity contribution in [2.75, 3.05) is 19.7 Å². The Kier molecular flexibility index (Phi) is 5.26. The highest BCUT2D eigenvalue weighted by Gasteiger charge is 2.58. The number of benzene rings is 1. The van der Waals surface area contributed by atoms with Gasteiger partial charge in [0, 0.05) is 24.9 Å². The van der Waals surface area contributed by atoms with Crippen LogP contribution in [0.25, 0.3) is 0 Å². The number of aromatic hydroxyl groups is 1. The summed E-state index contributed by atoms with van der Waals surface area (Å²) in [6.45, 7) is 2.26. The summed E-state index contributed by atoms with van der Waals surface area (Å²) in [7, 11) is 0. The van der Waals surface area contributed by atoms with E-state index in [2.05, 4.69) is 0 Å². The molecule has 3 rings (SSSR count). The molecule has 1 saturated carbocycles. The van der Waals surface area contributed by atoms with Crippen LogP contribution in [-0.4, -0.2) is 41.5 Å². The molecule has 0 radical (unpaired) electrons. The summed E-state index contributed by atoms with van der Waals surface area (Å²) in [5.74, 6) is -2.43. The molecule has 1 aromatic rings. The molecule has 8 nitrogen and oxygen atoms in total. The molecule has 1 heterocycles. The average molecular weight is 389 g/mol. The Morgan fingerprint density at radius 2 is 2.10 bits per heavy atom. The van der Waals surface area contributed by atoms with Crippen LogP contribution in [0.2, 0.25) is 0 Å². The Labute approximate surface area is 168 Å². The Morgan fingerprint density at radius 1 is 1.38 bits per heavy atom. The minimum Gasteiger partial charge on any atom is -0.508 e. The van der Waals surface area contributed by atoms with Crippen LogP contribution in [0.4, 0.5) is 4.79 Å². The van der Waals surface area contributed by atoms with Crippen molar-refractivity contribution in [1.82, 2.24) is 4.90 Å². The summed E-state index contributed by atoms with van der Waals surface area (Å²) in [5, 5.41) is 48.1. The fourth-order valence-corrected chi connectivity index (χ4v) is 4.27. The first-order valence-electron chi connectivity index (χ1n) is 9.15. The van der Waals surface area contributed by atoms with E-state index in [1.165, 1.54) is 17.0 Å². The Morgan fingerprint density at radius 3 is 2.69 bits per heavy atom. The van der Waals surface area contributed by atoms with Crippen molar-refractivity contribution in [1.29, 1.82) is 21.2 Å². The van der Waals surface area contributed by atoms with Gasteiger partial charge in [0.1, 0.15) is 11.7 Å². The summed E-state index contributed by atoms with van der Waals surface area (Å²) in [5.41, 5.74) is -1.05. The molecule has 1 unspecified atom stereocenters. The lowest BCUT2D eigenvalue weighted by atomic mass is 9.54. The van der Waals surface area contributed by atoms with E-state index in [0.29, 0.717) is 11.1 Å². The molecule has 3 atom stereocenters. The van der Waals surface area contributed by atoms with E-state index in [0.717, 1.165) is 0 Å². The standard InChI is InChI=1S/C21H19N5O3/c1-2-29-20(28)26-7-6-15-16(9-22)19(25)21(11-23,12-24)18(17(15)10-26)13-4-3-5-14(27)8-13/h3-6,8,16-18,25,27H,2,7,10H2,1H3/t16?,17-,18-/m1/s1. The fourth-order valence-electron chi connectivity index (χ4n) is 4.27. The van der Waals surface area contributed by atoms with Gasteiger partial charge in [-0.25, -0.2) is 4.79 Å². The van der Waals surface area contributed by atoms with E-state index in [4.69, 9.17) is 10.1 Å². The van der Waals surface area contributed by atoms with E-state index < -0.39 is 29.3 Å². The zero-order chi connectivity index (χ0) is 21.2. The first-order valence-corrected chi connectivity index (χ1v) is 9.15. The maximum absolute atomic E-state index is 12.3. The molecule has 0 spiro atoms. The van der Waals surface area contributed by atoms with Gasteiger partial charge in [0.05, 0.1) is 30.5 Å². The maximum atomic E-state index is 12.3. The number of carbonyl (C=O) groups is 1. The van der Waals surface area contributed by atoms with Crippen LogP contribution in [-0.2, 0) is 4.74 Å². The van der Waals surface area contributed by atoms with E-state index in [9.17, 15) is 25.7 Å². The molecule has 0 bridgehead atoms. The molecule has 1 fully saturated rings. The summed E-state index contributed by atoms with van der Waals surface area (Å²) in [6, 6.07) is 12.2. The highest BCUT2D eigenvalue weighted by molar-refractivity contribution is 6.01. The molecule has 1 amide bonds. The molecule has 1 aliphatic carbocycles. The van der Waals surface area contributed by atoms with Gasteiger partial charge in [-0.05, 0) is 30.2 Å².